The number of fused-ring (bicyclic) bond motifs is 1. The minimum absolute atomic E-state index is 0.101. The molecule has 1 aromatic carbocycles. The molecule has 1 aliphatic carbocycles. The summed E-state index contributed by atoms with van der Waals surface area (Å²) in [6.45, 7) is 1.88. The molecule has 0 amide bonds. The Bertz CT molecular complexity index is 759. The number of aliphatic imine (C=N–C) groups is 1. The van der Waals surface area contributed by atoms with Gasteiger partial charge in [-0.05, 0) is 12.0 Å². The highest BCUT2D eigenvalue weighted by atomic mass is 16.7. The predicted octanol–water partition coefficient (Wildman–Crippen LogP) is 1.59. The molecule has 0 radical (unpaired) electrons. The fourth-order valence-electron chi connectivity index (χ4n) is 4.46. The molecule has 1 aromatic rings. The highest BCUT2D eigenvalue weighted by Crippen LogP contribution is 2.85. The lowest BCUT2D eigenvalue weighted by Gasteiger charge is -2.32. The van der Waals surface area contributed by atoms with Gasteiger partial charge in [0.25, 0.3) is 5.91 Å². The Balaban J connectivity index is 2.19. The van der Waals surface area contributed by atoms with Crippen molar-refractivity contribution in [3.05, 3.63) is 35.9 Å². The first-order valence-electron chi connectivity index (χ1n) is 7.28. The number of methoxy groups -OCH3 is 2. The van der Waals surface area contributed by atoms with Gasteiger partial charge in [0.05, 0.1) is 12.1 Å². The Morgan fingerprint density at radius 3 is 2.22 bits per heavy atom. The number of amidine groups is 1. The van der Waals surface area contributed by atoms with Crippen LogP contribution in [0.25, 0.3) is 0 Å². The molecule has 6 heteroatoms. The van der Waals surface area contributed by atoms with E-state index in [2.05, 4.69) is 17.1 Å². The van der Waals surface area contributed by atoms with Crippen molar-refractivity contribution in [2.24, 2.45) is 27.0 Å². The lowest BCUT2D eigenvalue weighted by Crippen LogP contribution is -2.43. The zero-order chi connectivity index (χ0) is 16.9. The van der Waals surface area contributed by atoms with Crippen molar-refractivity contribution in [1.82, 2.24) is 0 Å². The van der Waals surface area contributed by atoms with Crippen LogP contribution in [0.15, 0.2) is 35.3 Å². The summed E-state index contributed by atoms with van der Waals surface area (Å²) in [7, 11) is 2.82. The number of hydrogen-bond acceptors (Lipinski definition) is 6. The summed E-state index contributed by atoms with van der Waals surface area (Å²) in [6, 6.07) is 14.2. The lowest BCUT2D eigenvalue weighted by atomic mass is 9.85. The van der Waals surface area contributed by atoms with Crippen LogP contribution in [0.3, 0.4) is 0 Å². The van der Waals surface area contributed by atoms with E-state index >= 15 is 0 Å². The van der Waals surface area contributed by atoms with Gasteiger partial charge >= 0.3 is 0 Å². The Labute approximate surface area is 135 Å². The van der Waals surface area contributed by atoms with Crippen LogP contribution < -0.4 is 5.73 Å². The molecule has 0 spiro atoms. The molecule has 1 aliphatic heterocycles. The number of ether oxygens (including phenoxy) is 2. The quantitative estimate of drug-likeness (QED) is 0.850. The highest BCUT2D eigenvalue weighted by Gasteiger charge is 2.98. The number of hydrogen-bond donors (Lipinski definition) is 1. The maximum absolute atomic E-state index is 10.0. The van der Waals surface area contributed by atoms with Crippen LogP contribution in [0, 0.1) is 38.9 Å². The Kier molecular flexibility index (Phi) is 3.06. The van der Waals surface area contributed by atoms with Crippen molar-refractivity contribution in [1.29, 1.82) is 10.5 Å². The van der Waals surface area contributed by atoms with Crippen molar-refractivity contribution < 1.29 is 9.47 Å². The van der Waals surface area contributed by atoms with E-state index in [-0.39, 0.29) is 5.84 Å². The summed E-state index contributed by atoms with van der Waals surface area (Å²) >= 11 is 0. The van der Waals surface area contributed by atoms with Gasteiger partial charge in [-0.1, -0.05) is 37.3 Å². The van der Waals surface area contributed by atoms with Gasteiger partial charge in [0, 0.05) is 19.6 Å². The molecule has 2 N–H and O–H groups in total. The van der Waals surface area contributed by atoms with Gasteiger partial charge in [-0.15, -0.1) is 0 Å². The fraction of sp³-hybridized carbons (Fsp3) is 0.471. The molecule has 0 bridgehead atoms. The lowest BCUT2D eigenvalue weighted by molar-refractivity contribution is -0.236. The third-order valence-electron chi connectivity index (χ3n) is 5.57. The molecule has 118 valence electrons. The number of nitrogens with zero attached hydrogens (tertiary/aromatic N) is 3. The molecule has 0 unspecified atom stereocenters. The second kappa shape index (κ2) is 4.55. The van der Waals surface area contributed by atoms with Crippen molar-refractivity contribution in [3.8, 4) is 12.1 Å². The Morgan fingerprint density at radius 2 is 1.74 bits per heavy atom. The maximum Gasteiger partial charge on any atom is 0.292 e. The minimum atomic E-state index is -1.56. The number of nitrogens with two attached hydrogens (primary N) is 1. The molecule has 1 saturated carbocycles. The molecule has 2 aliphatic rings. The van der Waals surface area contributed by atoms with Crippen LogP contribution >= 0.6 is 0 Å². The molecule has 3 atom stereocenters. The standard InChI is InChI=1S/C17H18N4O2/c1-14(9-12-7-5-4-6-8-12)15(10-18)13(20)21-17(22-2,23-3)16(14,15)11-19/h4-8H,9H2,1-3H3,(H2,20,21)/t14-,15+,16-/m1/s1. The van der Waals surface area contributed by atoms with E-state index in [1.54, 1.807) is 0 Å². The van der Waals surface area contributed by atoms with Crippen molar-refractivity contribution in [2.45, 2.75) is 19.3 Å². The van der Waals surface area contributed by atoms with Crippen molar-refractivity contribution in [3.63, 3.8) is 0 Å². The van der Waals surface area contributed by atoms with Crippen LogP contribution in [-0.4, -0.2) is 26.0 Å². The van der Waals surface area contributed by atoms with Gasteiger partial charge in [-0.2, -0.15) is 10.5 Å². The van der Waals surface area contributed by atoms with E-state index in [9.17, 15) is 10.5 Å². The van der Waals surface area contributed by atoms with Crippen LogP contribution in [0.4, 0.5) is 0 Å². The summed E-state index contributed by atoms with van der Waals surface area (Å²) in [5.74, 6) is -1.46. The van der Waals surface area contributed by atoms with Gasteiger partial charge in [0.15, 0.2) is 5.41 Å². The molecule has 3 rings (SSSR count). The molecule has 6 nitrogen and oxygen atoms in total. The zero-order valence-electron chi connectivity index (χ0n) is 13.3. The first-order chi connectivity index (χ1) is 10.9. The smallest absolute Gasteiger partial charge is 0.292 e. The maximum atomic E-state index is 10.0. The number of rotatable bonds is 4. The third kappa shape index (κ3) is 1.33. The second-order valence-electron chi connectivity index (χ2n) is 6.21. The van der Waals surface area contributed by atoms with Crippen molar-refractivity contribution >= 4 is 5.84 Å². The first kappa shape index (κ1) is 15.5. The van der Waals surface area contributed by atoms with Crippen molar-refractivity contribution in [2.75, 3.05) is 14.2 Å². The molecule has 23 heavy (non-hydrogen) atoms. The summed E-state index contributed by atoms with van der Waals surface area (Å²) in [6.07, 6.45) is 0.500. The first-order valence-corrected chi connectivity index (χ1v) is 7.28. The average molecular weight is 310 g/mol. The molecular formula is C17H18N4O2. The predicted molar refractivity (Wildman–Crippen MR) is 82.7 cm³/mol. The average Bonchev–Trinajstić information content (AvgIpc) is 2.94. The van der Waals surface area contributed by atoms with Gasteiger partial charge in [0.2, 0.25) is 0 Å². The van der Waals surface area contributed by atoms with E-state index in [4.69, 9.17) is 15.2 Å². The number of benzene rings is 1. The highest BCUT2D eigenvalue weighted by molar-refractivity contribution is 6.00. The normalized spacial score (nSPS) is 36.5. The summed E-state index contributed by atoms with van der Waals surface area (Å²) in [5.41, 5.74) is 3.84. The topological polar surface area (TPSA) is 104 Å². The van der Waals surface area contributed by atoms with E-state index in [1.807, 2.05) is 37.3 Å². The largest absolute Gasteiger partial charge is 0.386 e. The molecule has 1 fully saturated rings. The molecular weight excluding hydrogens is 292 g/mol. The molecule has 0 aromatic heterocycles. The van der Waals surface area contributed by atoms with Crippen LogP contribution in [0.5, 0.6) is 0 Å². The van der Waals surface area contributed by atoms with Gasteiger partial charge < -0.3 is 15.2 Å². The fourth-order valence-corrected chi connectivity index (χ4v) is 4.46. The second-order valence-corrected chi connectivity index (χ2v) is 6.21. The summed E-state index contributed by atoms with van der Waals surface area (Å²) < 4.78 is 10.9. The number of nitriles is 2. The van der Waals surface area contributed by atoms with E-state index in [0.717, 1.165) is 5.56 Å². The third-order valence-corrected chi connectivity index (χ3v) is 5.57. The van der Waals surface area contributed by atoms with Gasteiger partial charge in [-0.3, -0.25) is 0 Å². The van der Waals surface area contributed by atoms with E-state index < -0.39 is 22.2 Å². The Morgan fingerprint density at radius 1 is 1.13 bits per heavy atom. The monoisotopic (exact) mass is 310 g/mol. The van der Waals surface area contributed by atoms with Gasteiger partial charge in [0.1, 0.15) is 11.3 Å². The minimum Gasteiger partial charge on any atom is -0.386 e. The summed E-state index contributed by atoms with van der Waals surface area (Å²) in [4.78, 5) is 4.22. The Hall–Kier alpha value is -2.41. The zero-order valence-corrected chi connectivity index (χ0v) is 13.3. The van der Waals surface area contributed by atoms with Crippen LogP contribution in [0.2, 0.25) is 0 Å². The SMILES string of the molecule is COC1(OC)N=C(N)[C@@]2(C#N)[C@@](C)(Cc3ccccc3)[C@@]12C#N. The molecule has 0 saturated heterocycles. The molecule has 1 heterocycles. The van der Waals surface area contributed by atoms with Crippen LogP contribution in [-0.2, 0) is 15.9 Å². The van der Waals surface area contributed by atoms with Crippen LogP contribution in [0.1, 0.15) is 12.5 Å². The van der Waals surface area contributed by atoms with E-state index in [1.165, 1.54) is 14.2 Å². The van der Waals surface area contributed by atoms with Gasteiger partial charge in [-0.25, -0.2) is 4.99 Å². The summed E-state index contributed by atoms with van der Waals surface area (Å²) in [5, 5.41) is 19.9. The van der Waals surface area contributed by atoms with E-state index in [0.29, 0.717) is 6.42 Å².